The summed E-state index contributed by atoms with van der Waals surface area (Å²) in [7, 11) is 3.10. The van der Waals surface area contributed by atoms with Crippen molar-refractivity contribution < 1.29 is 24.1 Å². The van der Waals surface area contributed by atoms with E-state index >= 15 is 0 Å². The van der Waals surface area contributed by atoms with Crippen LogP contribution in [-0.2, 0) is 16.0 Å². The summed E-state index contributed by atoms with van der Waals surface area (Å²) in [5, 5.41) is 9.04. The van der Waals surface area contributed by atoms with Crippen molar-refractivity contribution in [3.63, 3.8) is 0 Å². The van der Waals surface area contributed by atoms with Gasteiger partial charge in [0.2, 0.25) is 0 Å². The Bertz CT molecular complexity index is 402. The molecule has 0 aliphatic rings. The highest BCUT2D eigenvalue weighted by molar-refractivity contribution is 5.73. The number of benzene rings is 1. The summed E-state index contributed by atoms with van der Waals surface area (Å²) in [4.78, 5) is 11.0. The van der Waals surface area contributed by atoms with Gasteiger partial charge in [-0.3, -0.25) is 0 Å². The fraction of sp³-hybridized carbons (Fsp3) is 0.462. The van der Waals surface area contributed by atoms with Crippen LogP contribution < -0.4 is 9.47 Å². The molecular formula is C13H18O5. The number of carboxylic acids is 1. The minimum atomic E-state index is -0.977. The van der Waals surface area contributed by atoms with Crippen molar-refractivity contribution in [2.75, 3.05) is 20.8 Å². The molecule has 1 aromatic rings. The maximum Gasteiger partial charge on any atom is 0.333 e. The molecule has 5 nitrogen and oxygen atoms in total. The van der Waals surface area contributed by atoms with E-state index in [2.05, 4.69) is 0 Å². The van der Waals surface area contributed by atoms with E-state index in [-0.39, 0.29) is 6.42 Å². The zero-order chi connectivity index (χ0) is 13.5. The molecule has 0 fully saturated rings. The van der Waals surface area contributed by atoms with Gasteiger partial charge in [-0.1, -0.05) is 6.07 Å². The molecule has 0 spiro atoms. The second kappa shape index (κ2) is 6.86. The molecule has 0 unspecified atom stereocenters. The number of rotatable bonds is 7. The van der Waals surface area contributed by atoms with Crippen LogP contribution in [0.15, 0.2) is 18.2 Å². The van der Waals surface area contributed by atoms with Crippen LogP contribution in [0.2, 0.25) is 0 Å². The number of hydrogen-bond donors (Lipinski definition) is 1. The van der Waals surface area contributed by atoms with Crippen LogP contribution >= 0.6 is 0 Å². The maximum absolute atomic E-state index is 11.0. The number of carboxylic acid groups (broad SMARTS) is 1. The Morgan fingerprint density at radius 1 is 1.33 bits per heavy atom. The van der Waals surface area contributed by atoms with Gasteiger partial charge in [0.15, 0.2) is 6.10 Å². The van der Waals surface area contributed by atoms with Crippen LogP contribution in [-0.4, -0.2) is 38.0 Å². The summed E-state index contributed by atoms with van der Waals surface area (Å²) in [6.07, 6.45) is -0.603. The zero-order valence-corrected chi connectivity index (χ0v) is 10.8. The molecule has 1 rings (SSSR count). The normalized spacial score (nSPS) is 11.9. The van der Waals surface area contributed by atoms with E-state index in [4.69, 9.17) is 19.3 Å². The third-order valence-corrected chi connectivity index (χ3v) is 2.54. The first-order valence-electron chi connectivity index (χ1n) is 5.67. The summed E-state index contributed by atoms with van der Waals surface area (Å²) >= 11 is 0. The number of methoxy groups -OCH3 is 2. The molecule has 18 heavy (non-hydrogen) atoms. The molecule has 5 heteroatoms. The second-order valence-corrected chi connectivity index (χ2v) is 3.66. The van der Waals surface area contributed by atoms with E-state index in [1.807, 2.05) is 0 Å². The summed E-state index contributed by atoms with van der Waals surface area (Å²) in [5.41, 5.74) is 0.777. The van der Waals surface area contributed by atoms with Gasteiger partial charge in [0.05, 0.1) is 14.2 Å². The van der Waals surface area contributed by atoms with E-state index in [0.717, 1.165) is 5.56 Å². The van der Waals surface area contributed by atoms with Crippen molar-refractivity contribution >= 4 is 5.97 Å². The van der Waals surface area contributed by atoms with Gasteiger partial charge in [-0.15, -0.1) is 0 Å². The van der Waals surface area contributed by atoms with Gasteiger partial charge in [0.1, 0.15) is 11.5 Å². The quantitative estimate of drug-likeness (QED) is 0.802. The number of carbonyl (C=O) groups is 1. The first-order chi connectivity index (χ1) is 8.62. The van der Waals surface area contributed by atoms with E-state index < -0.39 is 12.1 Å². The van der Waals surface area contributed by atoms with Crippen molar-refractivity contribution in [1.82, 2.24) is 0 Å². The second-order valence-electron chi connectivity index (χ2n) is 3.66. The molecule has 0 amide bonds. The highest BCUT2D eigenvalue weighted by Crippen LogP contribution is 2.26. The smallest absolute Gasteiger partial charge is 0.333 e. The van der Waals surface area contributed by atoms with Gasteiger partial charge in [-0.25, -0.2) is 4.79 Å². The maximum atomic E-state index is 11.0. The Morgan fingerprint density at radius 2 is 2.06 bits per heavy atom. The number of ether oxygens (including phenoxy) is 3. The Hall–Kier alpha value is -1.75. The summed E-state index contributed by atoms with van der Waals surface area (Å²) in [6.45, 7) is 2.12. The molecule has 0 heterocycles. The Balaban J connectivity index is 2.91. The van der Waals surface area contributed by atoms with Gasteiger partial charge < -0.3 is 19.3 Å². The molecule has 0 aromatic heterocycles. The van der Waals surface area contributed by atoms with Crippen LogP contribution in [0.5, 0.6) is 11.5 Å². The molecule has 0 saturated carbocycles. The van der Waals surface area contributed by atoms with Crippen molar-refractivity contribution in [2.24, 2.45) is 0 Å². The Labute approximate surface area is 106 Å². The first kappa shape index (κ1) is 14.3. The monoisotopic (exact) mass is 254 g/mol. The van der Waals surface area contributed by atoms with Crippen molar-refractivity contribution in [3.8, 4) is 11.5 Å². The van der Waals surface area contributed by atoms with Gasteiger partial charge in [-0.05, 0) is 18.6 Å². The Morgan fingerprint density at radius 3 is 2.56 bits per heavy atom. The lowest BCUT2D eigenvalue weighted by atomic mass is 10.1. The lowest BCUT2D eigenvalue weighted by molar-refractivity contribution is -0.149. The summed E-state index contributed by atoms with van der Waals surface area (Å²) in [6, 6.07) is 5.27. The minimum Gasteiger partial charge on any atom is -0.497 e. The average molecular weight is 254 g/mol. The largest absolute Gasteiger partial charge is 0.497 e. The van der Waals surface area contributed by atoms with Crippen LogP contribution in [0.25, 0.3) is 0 Å². The Kier molecular flexibility index (Phi) is 5.45. The highest BCUT2D eigenvalue weighted by Gasteiger charge is 2.20. The zero-order valence-electron chi connectivity index (χ0n) is 10.8. The lowest BCUT2D eigenvalue weighted by Gasteiger charge is -2.15. The van der Waals surface area contributed by atoms with Crippen LogP contribution in [0.4, 0.5) is 0 Å². The van der Waals surface area contributed by atoms with Crippen LogP contribution in [0.1, 0.15) is 12.5 Å². The molecule has 0 aliphatic heterocycles. The third kappa shape index (κ3) is 3.63. The van der Waals surface area contributed by atoms with Crippen molar-refractivity contribution in [2.45, 2.75) is 19.4 Å². The van der Waals surface area contributed by atoms with Crippen LogP contribution in [0, 0.1) is 0 Å². The summed E-state index contributed by atoms with van der Waals surface area (Å²) < 4.78 is 15.5. The molecule has 1 aromatic carbocycles. The number of hydrogen-bond acceptors (Lipinski definition) is 4. The molecule has 1 atom stereocenters. The molecule has 0 bridgehead atoms. The van der Waals surface area contributed by atoms with Gasteiger partial charge in [-0.2, -0.15) is 0 Å². The fourth-order valence-corrected chi connectivity index (χ4v) is 1.64. The lowest BCUT2D eigenvalue weighted by Crippen LogP contribution is -2.26. The fourth-order valence-electron chi connectivity index (χ4n) is 1.64. The van der Waals surface area contributed by atoms with Crippen molar-refractivity contribution in [3.05, 3.63) is 23.8 Å². The summed E-state index contributed by atoms with van der Waals surface area (Å²) in [5.74, 6) is 0.286. The van der Waals surface area contributed by atoms with E-state index in [9.17, 15) is 4.79 Å². The topological polar surface area (TPSA) is 65.0 Å². The van der Waals surface area contributed by atoms with Gasteiger partial charge in [0.25, 0.3) is 0 Å². The minimum absolute atomic E-state index is 0.260. The molecule has 100 valence electrons. The first-order valence-corrected chi connectivity index (χ1v) is 5.67. The standard InChI is InChI=1S/C13H18O5/c1-4-18-12(13(14)15)7-9-5-6-10(16-2)8-11(9)17-3/h5-6,8,12H,4,7H2,1-3H3,(H,14,15)/t12-/m1/s1. The van der Waals surface area contributed by atoms with E-state index in [0.29, 0.717) is 18.1 Å². The SMILES string of the molecule is CCO[C@H](Cc1ccc(OC)cc1OC)C(=O)O. The molecular weight excluding hydrogens is 236 g/mol. The molecule has 0 radical (unpaired) electrons. The van der Waals surface area contributed by atoms with E-state index in [1.165, 1.54) is 7.11 Å². The number of aliphatic carboxylic acids is 1. The third-order valence-electron chi connectivity index (χ3n) is 2.54. The average Bonchev–Trinajstić information content (AvgIpc) is 2.38. The predicted octanol–water partition coefficient (Wildman–Crippen LogP) is 1.74. The predicted molar refractivity (Wildman–Crippen MR) is 66.3 cm³/mol. The molecule has 0 aliphatic carbocycles. The van der Waals surface area contributed by atoms with Gasteiger partial charge >= 0.3 is 5.97 Å². The van der Waals surface area contributed by atoms with Crippen LogP contribution in [0.3, 0.4) is 0 Å². The highest BCUT2D eigenvalue weighted by atomic mass is 16.5. The molecule has 1 N–H and O–H groups in total. The molecule has 0 saturated heterocycles. The van der Waals surface area contributed by atoms with E-state index in [1.54, 1.807) is 32.2 Å². The van der Waals surface area contributed by atoms with Crippen molar-refractivity contribution in [1.29, 1.82) is 0 Å². The van der Waals surface area contributed by atoms with Gasteiger partial charge in [0, 0.05) is 19.1 Å².